The standard InChI is InChI=1S/C19H21NO/c1-4-14-5-7-15(8-6-14)16-11-19(21)20-18-10-13(3)12(2)9-17(16)18/h5-10,16H,4,11H2,1-3H3,(H,20,21)/t16-/m0/s1. The largest absolute Gasteiger partial charge is 0.326 e. The molecule has 108 valence electrons. The summed E-state index contributed by atoms with van der Waals surface area (Å²) in [6.07, 6.45) is 1.57. The number of aryl methyl sites for hydroxylation is 3. The van der Waals surface area contributed by atoms with Crippen LogP contribution < -0.4 is 5.32 Å². The first-order valence-electron chi connectivity index (χ1n) is 7.58. The Hall–Kier alpha value is -2.09. The second-order valence-corrected chi connectivity index (χ2v) is 5.92. The summed E-state index contributed by atoms with van der Waals surface area (Å²) in [5, 5.41) is 3.01. The summed E-state index contributed by atoms with van der Waals surface area (Å²) in [5.41, 5.74) is 7.27. The number of rotatable bonds is 2. The quantitative estimate of drug-likeness (QED) is 0.870. The average Bonchev–Trinajstić information content (AvgIpc) is 2.48. The van der Waals surface area contributed by atoms with Crippen molar-refractivity contribution in [1.82, 2.24) is 0 Å². The minimum atomic E-state index is 0.107. The summed E-state index contributed by atoms with van der Waals surface area (Å²) in [6, 6.07) is 13.0. The fourth-order valence-corrected chi connectivity index (χ4v) is 3.01. The van der Waals surface area contributed by atoms with Gasteiger partial charge in [-0.15, -0.1) is 0 Å². The maximum atomic E-state index is 12.0. The molecule has 0 aromatic heterocycles. The number of hydrogen-bond acceptors (Lipinski definition) is 1. The first-order chi connectivity index (χ1) is 10.1. The van der Waals surface area contributed by atoms with Crippen LogP contribution in [-0.2, 0) is 11.2 Å². The predicted octanol–water partition coefficient (Wildman–Crippen LogP) is 4.34. The zero-order chi connectivity index (χ0) is 15.0. The maximum absolute atomic E-state index is 12.0. The van der Waals surface area contributed by atoms with Crippen LogP contribution in [0.25, 0.3) is 0 Å². The second-order valence-electron chi connectivity index (χ2n) is 5.92. The molecule has 21 heavy (non-hydrogen) atoms. The number of carbonyl (C=O) groups excluding carboxylic acids is 1. The molecule has 0 spiro atoms. The molecular formula is C19H21NO. The van der Waals surface area contributed by atoms with Crippen LogP contribution in [0.15, 0.2) is 36.4 Å². The number of nitrogens with one attached hydrogen (secondary N) is 1. The summed E-state index contributed by atoms with van der Waals surface area (Å²) < 4.78 is 0. The molecule has 0 bridgehead atoms. The van der Waals surface area contributed by atoms with Gasteiger partial charge in [-0.2, -0.15) is 0 Å². The molecule has 2 aromatic carbocycles. The first-order valence-corrected chi connectivity index (χ1v) is 7.58. The summed E-state index contributed by atoms with van der Waals surface area (Å²) in [6.45, 7) is 6.37. The molecule has 0 unspecified atom stereocenters. The van der Waals surface area contributed by atoms with Gasteiger partial charge in [0.2, 0.25) is 5.91 Å². The molecule has 0 saturated carbocycles. The normalized spacial score (nSPS) is 17.3. The fraction of sp³-hybridized carbons (Fsp3) is 0.316. The van der Waals surface area contributed by atoms with Gasteiger partial charge in [0.25, 0.3) is 0 Å². The van der Waals surface area contributed by atoms with Gasteiger partial charge >= 0.3 is 0 Å². The molecule has 0 saturated heterocycles. The smallest absolute Gasteiger partial charge is 0.225 e. The molecule has 1 aliphatic rings. The van der Waals surface area contributed by atoms with Crippen LogP contribution in [0.3, 0.4) is 0 Å². The van der Waals surface area contributed by atoms with Crippen LogP contribution in [0.2, 0.25) is 0 Å². The van der Waals surface area contributed by atoms with Gasteiger partial charge in [0, 0.05) is 18.0 Å². The van der Waals surface area contributed by atoms with Crippen LogP contribution in [0.1, 0.15) is 47.1 Å². The van der Waals surface area contributed by atoms with Gasteiger partial charge in [-0.05, 0) is 54.2 Å². The number of hydrogen-bond donors (Lipinski definition) is 1. The van der Waals surface area contributed by atoms with Crippen molar-refractivity contribution >= 4 is 11.6 Å². The van der Waals surface area contributed by atoms with Crippen molar-refractivity contribution in [2.75, 3.05) is 5.32 Å². The Kier molecular flexibility index (Phi) is 3.54. The highest BCUT2D eigenvalue weighted by molar-refractivity contribution is 5.95. The lowest BCUT2D eigenvalue weighted by Gasteiger charge is -2.27. The topological polar surface area (TPSA) is 29.1 Å². The summed E-state index contributed by atoms with van der Waals surface area (Å²) in [5.74, 6) is 0.272. The molecule has 2 nitrogen and oxygen atoms in total. The van der Waals surface area contributed by atoms with E-state index < -0.39 is 0 Å². The highest BCUT2D eigenvalue weighted by Crippen LogP contribution is 2.38. The van der Waals surface area contributed by atoms with Crippen LogP contribution in [0, 0.1) is 13.8 Å². The van der Waals surface area contributed by atoms with E-state index in [4.69, 9.17) is 0 Å². The molecule has 0 fully saturated rings. The van der Waals surface area contributed by atoms with Crippen LogP contribution in [0.4, 0.5) is 5.69 Å². The van der Waals surface area contributed by atoms with Crippen LogP contribution >= 0.6 is 0 Å². The van der Waals surface area contributed by atoms with E-state index in [0.717, 1.165) is 12.1 Å². The Morgan fingerprint density at radius 3 is 2.43 bits per heavy atom. The SMILES string of the molecule is CCc1ccc([C@@H]2CC(=O)Nc3cc(C)c(C)cc32)cc1. The number of anilines is 1. The van der Waals surface area contributed by atoms with E-state index in [2.05, 4.69) is 62.5 Å². The minimum absolute atomic E-state index is 0.107. The minimum Gasteiger partial charge on any atom is -0.326 e. The third-order valence-corrected chi connectivity index (χ3v) is 4.50. The van der Waals surface area contributed by atoms with Crippen molar-refractivity contribution in [3.8, 4) is 0 Å². The number of amides is 1. The van der Waals surface area contributed by atoms with Gasteiger partial charge < -0.3 is 5.32 Å². The van der Waals surface area contributed by atoms with E-state index in [1.807, 2.05) is 0 Å². The summed E-state index contributed by atoms with van der Waals surface area (Å²) in [4.78, 5) is 12.0. The molecule has 2 aromatic rings. The number of fused-ring (bicyclic) bond motifs is 1. The molecule has 1 atom stereocenters. The van der Waals surface area contributed by atoms with Crippen molar-refractivity contribution < 1.29 is 4.79 Å². The molecule has 1 heterocycles. The van der Waals surface area contributed by atoms with Gasteiger partial charge in [0.15, 0.2) is 0 Å². The first kappa shape index (κ1) is 13.9. The second kappa shape index (κ2) is 5.36. The lowest BCUT2D eigenvalue weighted by atomic mass is 9.83. The van der Waals surface area contributed by atoms with Gasteiger partial charge in [0.05, 0.1) is 0 Å². The van der Waals surface area contributed by atoms with Crippen molar-refractivity contribution in [1.29, 1.82) is 0 Å². The van der Waals surface area contributed by atoms with Crippen LogP contribution in [-0.4, -0.2) is 5.91 Å². The lowest BCUT2D eigenvalue weighted by Crippen LogP contribution is -2.23. The Morgan fingerprint density at radius 2 is 1.76 bits per heavy atom. The molecule has 1 amide bonds. The molecular weight excluding hydrogens is 258 g/mol. The molecule has 3 rings (SSSR count). The van der Waals surface area contributed by atoms with Crippen molar-refractivity contribution in [2.45, 2.75) is 39.5 Å². The van der Waals surface area contributed by atoms with Crippen molar-refractivity contribution in [2.24, 2.45) is 0 Å². The Morgan fingerprint density at radius 1 is 1.10 bits per heavy atom. The van der Waals surface area contributed by atoms with E-state index in [0.29, 0.717) is 6.42 Å². The van der Waals surface area contributed by atoms with Gasteiger partial charge in [-0.25, -0.2) is 0 Å². The van der Waals surface area contributed by atoms with E-state index in [9.17, 15) is 4.79 Å². The third kappa shape index (κ3) is 2.58. The van der Waals surface area contributed by atoms with Gasteiger partial charge in [0.1, 0.15) is 0 Å². The van der Waals surface area contributed by atoms with E-state index in [1.165, 1.54) is 27.8 Å². The molecule has 1 N–H and O–H groups in total. The highest BCUT2D eigenvalue weighted by Gasteiger charge is 2.26. The average molecular weight is 279 g/mol. The Bertz CT molecular complexity index is 685. The maximum Gasteiger partial charge on any atom is 0.225 e. The van der Waals surface area contributed by atoms with E-state index >= 15 is 0 Å². The lowest BCUT2D eigenvalue weighted by molar-refractivity contribution is -0.116. The van der Waals surface area contributed by atoms with Crippen molar-refractivity contribution in [3.05, 3.63) is 64.2 Å². The zero-order valence-corrected chi connectivity index (χ0v) is 12.9. The van der Waals surface area contributed by atoms with E-state index in [-0.39, 0.29) is 11.8 Å². The Labute approximate surface area is 126 Å². The van der Waals surface area contributed by atoms with Gasteiger partial charge in [-0.1, -0.05) is 37.3 Å². The molecule has 0 aliphatic carbocycles. The third-order valence-electron chi connectivity index (χ3n) is 4.50. The summed E-state index contributed by atoms with van der Waals surface area (Å²) in [7, 11) is 0. The molecule has 2 heteroatoms. The monoisotopic (exact) mass is 279 g/mol. The fourth-order valence-electron chi connectivity index (χ4n) is 3.01. The Balaban J connectivity index is 2.07. The van der Waals surface area contributed by atoms with Gasteiger partial charge in [-0.3, -0.25) is 4.79 Å². The molecule has 0 radical (unpaired) electrons. The number of carbonyl (C=O) groups is 1. The predicted molar refractivity (Wildman–Crippen MR) is 86.8 cm³/mol. The van der Waals surface area contributed by atoms with E-state index in [1.54, 1.807) is 0 Å². The van der Waals surface area contributed by atoms with Crippen LogP contribution in [0.5, 0.6) is 0 Å². The summed E-state index contributed by atoms with van der Waals surface area (Å²) >= 11 is 0. The zero-order valence-electron chi connectivity index (χ0n) is 12.9. The molecule has 1 aliphatic heterocycles. The van der Waals surface area contributed by atoms with Crippen molar-refractivity contribution in [3.63, 3.8) is 0 Å². The highest BCUT2D eigenvalue weighted by atomic mass is 16.1. The number of benzene rings is 2.